The fourth-order valence-corrected chi connectivity index (χ4v) is 4.01. The van der Waals surface area contributed by atoms with Crippen LogP contribution >= 0.6 is 0 Å². The van der Waals surface area contributed by atoms with E-state index in [9.17, 15) is 20.1 Å². The molecule has 3 fully saturated rings. The van der Waals surface area contributed by atoms with E-state index in [-0.39, 0.29) is 13.2 Å². The highest BCUT2D eigenvalue weighted by Crippen LogP contribution is 2.40. The lowest BCUT2D eigenvalue weighted by molar-refractivity contribution is -0.223. The number of amides is 1. The topological polar surface area (TPSA) is 118 Å². The molecule has 0 spiro atoms. The number of aliphatic hydroxyl groups is 3. The fourth-order valence-electron chi connectivity index (χ4n) is 4.01. The SMILES string of the molecule is CC1(C)O[C@H]2O[C@H]([C@@H]3[C@H](O)[C@@H](O)CN3C(=O)OCc3ccccc3)[C@H](O)[C@H]2O1. The van der Waals surface area contributed by atoms with Gasteiger partial charge >= 0.3 is 6.09 Å². The maximum Gasteiger partial charge on any atom is 0.410 e. The number of nitrogens with zero attached hydrogens (tertiary/aromatic N) is 1. The minimum Gasteiger partial charge on any atom is -0.445 e. The molecular weight excluding hydrogens is 370 g/mol. The molecular formula is C19H25NO8. The van der Waals surface area contributed by atoms with Crippen LogP contribution in [0.15, 0.2) is 30.3 Å². The Labute approximate surface area is 162 Å². The molecule has 9 heteroatoms. The lowest BCUT2D eigenvalue weighted by Gasteiger charge is -2.32. The van der Waals surface area contributed by atoms with Crippen LogP contribution in [0.3, 0.4) is 0 Å². The quantitative estimate of drug-likeness (QED) is 0.653. The Hall–Kier alpha value is -1.75. The van der Waals surface area contributed by atoms with Crippen molar-refractivity contribution in [3.63, 3.8) is 0 Å². The summed E-state index contributed by atoms with van der Waals surface area (Å²) in [6, 6.07) is 8.17. The van der Waals surface area contributed by atoms with Gasteiger partial charge in [-0.05, 0) is 19.4 Å². The standard InChI is InChI=1S/C19H25NO8/c1-19(2)27-16-14(23)15(26-17(16)28-19)12-13(22)11(21)8-20(12)18(24)25-9-10-6-4-3-5-7-10/h3-7,11-17,21-23H,8-9H2,1-2H3/t11-,12-,13+,14-,15+,16+,17+/m0/s1. The molecule has 0 radical (unpaired) electrons. The molecule has 0 unspecified atom stereocenters. The van der Waals surface area contributed by atoms with Crippen LogP contribution in [-0.4, -0.2) is 81.5 Å². The zero-order valence-electron chi connectivity index (χ0n) is 15.7. The molecule has 0 aromatic heterocycles. The summed E-state index contributed by atoms with van der Waals surface area (Å²) in [5.41, 5.74) is 0.809. The van der Waals surface area contributed by atoms with Gasteiger partial charge in [0.2, 0.25) is 0 Å². The Kier molecular flexibility index (Phi) is 5.07. The van der Waals surface area contributed by atoms with Crippen molar-refractivity contribution < 1.29 is 39.1 Å². The van der Waals surface area contributed by atoms with Crippen LogP contribution in [0.5, 0.6) is 0 Å². The van der Waals surface area contributed by atoms with E-state index in [0.29, 0.717) is 0 Å². The Morgan fingerprint density at radius 1 is 1.14 bits per heavy atom. The van der Waals surface area contributed by atoms with Gasteiger partial charge in [0, 0.05) is 0 Å². The molecule has 3 saturated heterocycles. The van der Waals surface area contributed by atoms with Gasteiger partial charge in [0.25, 0.3) is 0 Å². The number of ether oxygens (including phenoxy) is 4. The van der Waals surface area contributed by atoms with E-state index >= 15 is 0 Å². The Balaban J connectivity index is 1.46. The molecule has 28 heavy (non-hydrogen) atoms. The van der Waals surface area contributed by atoms with Gasteiger partial charge in [0.1, 0.15) is 31.0 Å². The summed E-state index contributed by atoms with van der Waals surface area (Å²) in [5.74, 6) is -0.899. The molecule has 1 aromatic carbocycles. The average Bonchev–Trinajstić information content (AvgIpc) is 3.23. The van der Waals surface area contributed by atoms with E-state index in [4.69, 9.17) is 18.9 Å². The normalized spacial score (nSPS) is 39.2. The fraction of sp³-hybridized carbons (Fsp3) is 0.632. The van der Waals surface area contributed by atoms with Gasteiger partial charge in [-0.3, -0.25) is 4.90 Å². The molecule has 3 heterocycles. The van der Waals surface area contributed by atoms with Crippen molar-refractivity contribution in [1.29, 1.82) is 0 Å². The van der Waals surface area contributed by atoms with Crippen LogP contribution in [0.1, 0.15) is 19.4 Å². The van der Waals surface area contributed by atoms with Gasteiger partial charge in [-0.15, -0.1) is 0 Å². The first kappa shape index (κ1) is 19.6. The number of rotatable bonds is 3. The predicted octanol–water partition coefficient (Wildman–Crippen LogP) is -0.0335. The molecule has 154 valence electrons. The summed E-state index contributed by atoms with van der Waals surface area (Å²) in [4.78, 5) is 13.8. The maximum atomic E-state index is 12.6. The van der Waals surface area contributed by atoms with Crippen molar-refractivity contribution in [2.45, 2.75) is 69.1 Å². The number of carbonyl (C=O) groups excluding carboxylic acids is 1. The summed E-state index contributed by atoms with van der Waals surface area (Å²) < 4.78 is 22.4. The predicted molar refractivity (Wildman–Crippen MR) is 93.8 cm³/mol. The van der Waals surface area contributed by atoms with Crippen molar-refractivity contribution in [3.05, 3.63) is 35.9 Å². The molecule has 3 aliphatic heterocycles. The third kappa shape index (κ3) is 3.49. The van der Waals surface area contributed by atoms with Gasteiger partial charge in [0.05, 0.1) is 18.7 Å². The van der Waals surface area contributed by atoms with Crippen LogP contribution in [0.2, 0.25) is 0 Å². The van der Waals surface area contributed by atoms with Crippen molar-refractivity contribution >= 4 is 6.09 Å². The van der Waals surface area contributed by atoms with E-state index in [1.165, 1.54) is 4.90 Å². The molecule has 9 nitrogen and oxygen atoms in total. The summed E-state index contributed by atoms with van der Waals surface area (Å²) in [6.45, 7) is 3.33. The maximum absolute atomic E-state index is 12.6. The second kappa shape index (κ2) is 7.25. The number of hydrogen-bond acceptors (Lipinski definition) is 8. The zero-order valence-corrected chi connectivity index (χ0v) is 15.7. The second-order valence-corrected chi connectivity index (χ2v) is 7.80. The summed E-state index contributed by atoms with van der Waals surface area (Å²) in [7, 11) is 0. The molecule has 1 amide bonds. The minimum atomic E-state index is -1.30. The van der Waals surface area contributed by atoms with Crippen LogP contribution in [-0.2, 0) is 25.6 Å². The monoisotopic (exact) mass is 395 g/mol. The first-order valence-corrected chi connectivity index (χ1v) is 9.29. The van der Waals surface area contributed by atoms with Gasteiger partial charge in [-0.1, -0.05) is 30.3 Å². The van der Waals surface area contributed by atoms with Crippen molar-refractivity contribution in [2.75, 3.05) is 6.54 Å². The highest BCUT2D eigenvalue weighted by Gasteiger charge is 2.60. The van der Waals surface area contributed by atoms with Gasteiger partial charge in [-0.25, -0.2) is 4.79 Å². The largest absolute Gasteiger partial charge is 0.445 e. The van der Waals surface area contributed by atoms with Crippen molar-refractivity contribution in [3.8, 4) is 0 Å². The number of aliphatic hydroxyl groups excluding tert-OH is 3. The van der Waals surface area contributed by atoms with E-state index in [2.05, 4.69) is 0 Å². The minimum absolute atomic E-state index is 0.0504. The Morgan fingerprint density at radius 3 is 2.54 bits per heavy atom. The highest BCUT2D eigenvalue weighted by molar-refractivity contribution is 5.69. The number of likely N-dealkylation sites (tertiary alicyclic amines) is 1. The summed E-state index contributed by atoms with van der Waals surface area (Å²) >= 11 is 0. The van der Waals surface area contributed by atoms with Gasteiger partial charge in [-0.2, -0.15) is 0 Å². The number of carbonyl (C=O) groups is 1. The molecule has 3 aliphatic rings. The van der Waals surface area contributed by atoms with Crippen LogP contribution < -0.4 is 0 Å². The molecule has 4 rings (SSSR count). The van der Waals surface area contributed by atoms with Crippen molar-refractivity contribution in [1.82, 2.24) is 4.90 Å². The highest BCUT2D eigenvalue weighted by atomic mass is 16.8. The van der Waals surface area contributed by atoms with E-state index in [1.807, 2.05) is 30.3 Å². The number of benzene rings is 1. The summed E-state index contributed by atoms with van der Waals surface area (Å²) in [6.07, 6.45) is -6.86. The Morgan fingerprint density at radius 2 is 1.86 bits per heavy atom. The smallest absolute Gasteiger partial charge is 0.410 e. The first-order valence-electron chi connectivity index (χ1n) is 9.29. The molecule has 0 aliphatic carbocycles. The third-order valence-corrected chi connectivity index (χ3v) is 5.32. The van der Waals surface area contributed by atoms with E-state index in [0.717, 1.165) is 5.56 Å². The number of hydrogen-bond donors (Lipinski definition) is 3. The van der Waals surface area contributed by atoms with Gasteiger partial charge < -0.3 is 34.3 Å². The lowest BCUT2D eigenvalue weighted by atomic mass is 9.99. The van der Waals surface area contributed by atoms with Gasteiger partial charge in [0.15, 0.2) is 12.1 Å². The average molecular weight is 395 g/mol. The van der Waals surface area contributed by atoms with Crippen LogP contribution in [0, 0.1) is 0 Å². The zero-order chi connectivity index (χ0) is 20.1. The molecule has 0 saturated carbocycles. The third-order valence-electron chi connectivity index (χ3n) is 5.32. The Bertz CT molecular complexity index is 713. The lowest BCUT2D eigenvalue weighted by Crippen LogP contribution is -2.53. The van der Waals surface area contributed by atoms with Crippen LogP contribution in [0.4, 0.5) is 4.79 Å². The molecule has 7 atom stereocenters. The molecule has 0 bridgehead atoms. The van der Waals surface area contributed by atoms with E-state index in [1.54, 1.807) is 13.8 Å². The van der Waals surface area contributed by atoms with Crippen molar-refractivity contribution in [2.24, 2.45) is 0 Å². The van der Waals surface area contributed by atoms with Crippen LogP contribution in [0.25, 0.3) is 0 Å². The molecule has 3 N–H and O–H groups in total. The number of β-amino-alcohol motifs (C(OH)–C–C–N with tert-alkyl or cyclic N) is 1. The summed E-state index contributed by atoms with van der Waals surface area (Å²) in [5, 5.41) is 31.2. The first-order chi connectivity index (χ1) is 13.3. The van der Waals surface area contributed by atoms with E-state index < -0.39 is 54.7 Å². The number of fused-ring (bicyclic) bond motifs is 1. The second-order valence-electron chi connectivity index (χ2n) is 7.80. The molecule has 1 aromatic rings.